The highest BCUT2D eigenvalue weighted by Gasteiger charge is 2.28. The second kappa shape index (κ2) is 7.05. The number of amides is 1. The third kappa shape index (κ3) is 4.44. The number of carbonyl (C=O) groups excluding carboxylic acids is 1. The van der Waals surface area contributed by atoms with E-state index in [0.29, 0.717) is 19.0 Å². The van der Waals surface area contributed by atoms with Crippen molar-refractivity contribution in [3.8, 4) is 0 Å². The minimum absolute atomic E-state index is 0.0435. The molecule has 0 spiro atoms. The normalized spacial score (nSPS) is 23.5. The average molecular weight is 351 g/mol. The van der Waals surface area contributed by atoms with Crippen LogP contribution in [0.1, 0.15) is 24.8 Å². The van der Waals surface area contributed by atoms with Crippen LogP contribution in [0, 0.1) is 17.7 Å². The Hall–Kier alpha value is -1.69. The fraction of sp³-hybridized carbons (Fsp3) is 0.500. The molecule has 0 unspecified atom stereocenters. The molecule has 3 rings (SSSR count). The van der Waals surface area contributed by atoms with Gasteiger partial charge in [-0.25, -0.2) is 12.8 Å². The molecular weight excluding hydrogens is 329 g/mol. The zero-order chi connectivity index (χ0) is 17.2. The first kappa shape index (κ1) is 17.1. The van der Waals surface area contributed by atoms with Crippen LogP contribution in [-0.4, -0.2) is 38.1 Å². The number of piperidine rings is 1. The van der Waals surface area contributed by atoms with Crippen molar-refractivity contribution in [2.75, 3.05) is 18.8 Å². The fourth-order valence-corrected chi connectivity index (χ4v) is 4.86. The Balaban J connectivity index is 1.45. The lowest BCUT2D eigenvalue weighted by molar-refractivity contribution is -0.133. The molecule has 0 radical (unpaired) electrons. The van der Waals surface area contributed by atoms with Crippen molar-refractivity contribution in [2.24, 2.45) is 11.8 Å². The maximum absolute atomic E-state index is 12.9. The average Bonchev–Trinajstić information content (AvgIpc) is 2.89. The first-order valence-electron chi connectivity index (χ1n) is 8.34. The van der Waals surface area contributed by atoms with Gasteiger partial charge in [0.1, 0.15) is 5.82 Å². The number of nitrogens with zero attached hydrogens (tertiary/aromatic N) is 1. The number of allylic oxidation sites excluding steroid dienone is 1. The number of hydrogen-bond donors (Lipinski definition) is 0. The third-order valence-corrected chi connectivity index (χ3v) is 6.31. The quantitative estimate of drug-likeness (QED) is 0.838. The SMILES string of the molecule is O=C(C[C@@H]1C=CS(=O)(=O)C1)N1CCC(Cc2ccc(F)cc2)CC1. The molecule has 0 N–H and O–H groups in total. The van der Waals surface area contributed by atoms with Crippen LogP contribution in [0.2, 0.25) is 0 Å². The van der Waals surface area contributed by atoms with Gasteiger partial charge in [-0.3, -0.25) is 4.79 Å². The molecule has 6 heteroatoms. The summed E-state index contributed by atoms with van der Waals surface area (Å²) in [6, 6.07) is 6.60. The van der Waals surface area contributed by atoms with Crippen molar-refractivity contribution in [3.63, 3.8) is 0 Å². The maximum atomic E-state index is 12.9. The standard InChI is InChI=1S/C18H22FNO3S/c19-17-3-1-14(2-4-17)11-15-5-8-20(9-6-15)18(21)12-16-7-10-24(22,23)13-16/h1-4,7,10,15-16H,5-6,8-9,11-13H2/t16-/m0/s1. The van der Waals surface area contributed by atoms with E-state index < -0.39 is 9.84 Å². The molecule has 4 nitrogen and oxygen atoms in total. The zero-order valence-electron chi connectivity index (χ0n) is 13.5. The van der Waals surface area contributed by atoms with Gasteiger partial charge in [-0.2, -0.15) is 0 Å². The summed E-state index contributed by atoms with van der Waals surface area (Å²) in [5, 5.41) is 1.22. The number of halogens is 1. The predicted molar refractivity (Wildman–Crippen MR) is 90.4 cm³/mol. The second-order valence-corrected chi connectivity index (χ2v) is 8.71. The lowest BCUT2D eigenvalue weighted by Gasteiger charge is -2.32. The van der Waals surface area contributed by atoms with Crippen LogP contribution in [-0.2, 0) is 21.1 Å². The number of sulfone groups is 1. The van der Waals surface area contributed by atoms with Crippen molar-refractivity contribution in [1.82, 2.24) is 4.90 Å². The van der Waals surface area contributed by atoms with Crippen LogP contribution in [0.25, 0.3) is 0 Å². The summed E-state index contributed by atoms with van der Waals surface area (Å²) < 4.78 is 35.7. The number of benzene rings is 1. The van der Waals surface area contributed by atoms with Crippen molar-refractivity contribution in [2.45, 2.75) is 25.7 Å². The number of hydrogen-bond acceptors (Lipinski definition) is 3. The highest BCUT2D eigenvalue weighted by atomic mass is 32.2. The summed E-state index contributed by atoms with van der Waals surface area (Å²) in [5.74, 6) is 0.203. The minimum Gasteiger partial charge on any atom is -0.343 e. The second-order valence-electron chi connectivity index (χ2n) is 6.78. The zero-order valence-corrected chi connectivity index (χ0v) is 14.3. The Morgan fingerprint density at radius 3 is 2.42 bits per heavy atom. The van der Waals surface area contributed by atoms with Gasteiger partial charge in [0, 0.05) is 30.8 Å². The van der Waals surface area contributed by atoms with Crippen LogP contribution in [0.5, 0.6) is 0 Å². The molecule has 0 aromatic heterocycles. The van der Waals surface area contributed by atoms with E-state index in [9.17, 15) is 17.6 Å². The number of rotatable bonds is 4. The van der Waals surface area contributed by atoms with Gasteiger partial charge in [0.05, 0.1) is 5.75 Å². The smallest absolute Gasteiger partial charge is 0.223 e. The Bertz CT molecular complexity index is 719. The Morgan fingerprint density at radius 2 is 1.83 bits per heavy atom. The molecule has 1 fully saturated rings. The topological polar surface area (TPSA) is 54.5 Å². The summed E-state index contributed by atoms with van der Waals surface area (Å²) in [6.07, 6.45) is 4.68. The Kier molecular flexibility index (Phi) is 5.04. The summed E-state index contributed by atoms with van der Waals surface area (Å²) in [6.45, 7) is 1.43. The van der Waals surface area contributed by atoms with Crippen molar-refractivity contribution in [1.29, 1.82) is 0 Å². The summed E-state index contributed by atoms with van der Waals surface area (Å²) in [4.78, 5) is 14.2. The molecule has 1 amide bonds. The van der Waals surface area contributed by atoms with E-state index in [-0.39, 0.29) is 29.8 Å². The van der Waals surface area contributed by atoms with Gasteiger partial charge in [-0.1, -0.05) is 18.2 Å². The highest BCUT2D eigenvalue weighted by Crippen LogP contribution is 2.24. The molecule has 1 saturated heterocycles. The Labute approximate surface area is 142 Å². The van der Waals surface area contributed by atoms with Crippen molar-refractivity contribution >= 4 is 15.7 Å². The molecule has 130 valence electrons. The van der Waals surface area contributed by atoms with E-state index in [1.165, 1.54) is 17.5 Å². The number of likely N-dealkylation sites (tertiary alicyclic amines) is 1. The van der Waals surface area contributed by atoms with Crippen LogP contribution in [0.3, 0.4) is 0 Å². The van der Waals surface area contributed by atoms with E-state index in [4.69, 9.17) is 0 Å². The maximum Gasteiger partial charge on any atom is 0.223 e. The van der Waals surface area contributed by atoms with Gasteiger partial charge in [-0.05, 0) is 42.9 Å². The molecule has 0 saturated carbocycles. The van der Waals surface area contributed by atoms with E-state index >= 15 is 0 Å². The van der Waals surface area contributed by atoms with Crippen LogP contribution >= 0.6 is 0 Å². The highest BCUT2D eigenvalue weighted by molar-refractivity contribution is 7.94. The van der Waals surface area contributed by atoms with Crippen molar-refractivity contribution in [3.05, 3.63) is 47.1 Å². The van der Waals surface area contributed by atoms with Gasteiger partial charge in [0.2, 0.25) is 5.91 Å². The molecule has 2 aliphatic heterocycles. The number of carbonyl (C=O) groups is 1. The molecule has 0 bridgehead atoms. The third-order valence-electron chi connectivity index (χ3n) is 4.85. The van der Waals surface area contributed by atoms with Gasteiger partial charge >= 0.3 is 0 Å². The first-order valence-corrected chi connectivity index (χ1v) is 10.1. The van der Waals surface area contributed by atoms with Crippen LogP contribution in [0.4, 0.5) is 4.39 Å². The molecule has 24 heavy (non-hydrogen) atoms. The monoisotopic (exact) mass is 351 g/mol. The molecule has 2 aliphatic rings. The van der Waals surface area contributed by atoms with Crippen LogP contribution < -0.4 is 0 Å². The summed E-state index contributed by atoms with van der Waals surface area (Å²) in [7, 11) is -3.10. The lowest BCUT2D eigenvalue weighted by Crippen LogP contribution is -2.39. The van der Waals surface area contributed by atoms with E-state index in [0.717, 1.165) is 24.8 Å². The molecule has 1 aromatic carbocycles. The Morgan fingerprint density at radius 1 is 1.17 bits per heavy atom. The van der Waals surface area contributed by atoms with Gasteiger partial charge in [0.25, 0.3) is 0 Å². The van der Waals surface area contributed by atoms with Gasteiger partial charge in [0.15, 0.2) is 9.84 Å². The molecule has 1 aromatic rings. The van der Waals surface area contributed by atoms with E-state index in [1.807, 2.05) is 17.0 Å². The van der Waals surface area contributed by atoms with Crippen LogP contribution in [0.15, 0.2) is 35.7 Å². The molecule has 0 aliphatic carbocycles. The van der Waals surface area contributed by atoms with E-state index in [1.54, 1.807) is 6.08 Å². The lowest BCUT2D eigenvalue weighted by atomic mass is 9.90. The summed E-state index contributed by atoms with van der Waals surface area (Å²) >= 11 is 0. The fourth-order valence-electron chi connectivity index (χ4n) is 3.46. The minimum atomic E-state index is -3.10. The summed E-state index contributed by atoms with van der Waals surface area (Å²) in [5.41, 5.74) is 1.13. The molecule has 2 heterocycles. The van der Waals surface area contributed by atoms with Crippen molar-refractivity contribution < 1.29 is 17.6 Å². The predicted octanol–water partition coefficient (Wildman–Crippen LogP) is 2.56. The van der Waals surface area contributed by atoms with E-state index in [2.05, 4.69) is 0 Å². The largest absolute Gasteiger partial charge is 0.343 e. The molecule has 1 atom stereocenters. The first-order chi connectivity index (χ1) is 11.4. The molecular formula is C18H22FNO3S. The van der Waals surface area contributed by atoms with Gasteiger partial charge < -0.3 is 4.90 Å². The van der Waals surface area contributed by atoms with Gasteiger partial charge in [-0.15, -0.1) is 0 Å².